The lowest BCUT2D eigenvalue weighted by atomic mass is 9.90. The van der Waals surface area contributed by atoms with E-state index in [0.29, 0.717) is 0 Å². The quantitative estimate of drug-likeness (QED) is 0.490. The predicted octanol–water partition coefficient (Wildman–Crippen LogP) is 1.83. The van der Waals surface area contributed by atoms with E-state index < -0.39 is 17.5 Å². The van der Waals surface area contributed by atoms with E-state index in [9.17, 15) is 24.8 Å². The van der Waals surface area contributed by atoms with Crippen molar-refractivity contribution in [3.8, 4) is 29.0 Å². The van der Waals surface area contributed by atoms with Gasteiger partial charge in [0.05, 0.1) is 22.8 Å². The van der Waals surface area contributed by atoms with Crippen LogP contribution in [-0.2, 0) is 0 Å². The van der Waals surface area contributed by atoms with Crippen LogP contribution in [0.4, 0.5) is 4.39 Å². The Morgan fingerprint density at radius 3 is 2.56 bits per heavy atom. The smallest absolute Gasteiger partial charge is 0.262 e. The number of nitrogens with one attached hydrogen (secondary N) is 3. The topological polar surface area (TPSA) is 133 Å². The lowest BCUT2D eigenvalue weighted by molar-refractivity contribution is 0.0974. The van der Waals surface area contributed by atoms with E-state index in [1.54, 1.807) is 6.07 Å². The molecular formula is C17H12FN5O2. The van der Waals surface area contributed by atoms with Crippen LogP contribution in [0.3, 0.4) is 0 Å². The highest BCUT2D eigenvalue weighted by atomic mass is 19.1. The molecule has 124 valence electrons. The summed E-state index contributed by atoms with van der Waals surface area (Å²) in [5, 5.41) is 40.7. The second-order valence-corrected chi connectivity index (χ2v) is 4.85. The molecule has 0 aliphatic rings. The lowest BCUT2D eigenvalue weighted by Crippen LogP contribution is -2.38. The van der Waals surface area contributed by atoms with Crippen LogP contribution in [0.2, 0.25) is 0 Å². The van der Waals surface area contributed by atoms with Crippen molar-refractivity contribution in [3.05, 3.63) is 52.8 Å². The molecule has 0 aromatic heterocycles. The van der Waals surface area contributed by atoms with Gasteiger partial charge in [0.2, 0.25) is 0 Å². The number of nitriles is 2. The van der Waals surface area contributed by atoms with Crippen LogP contribution in [0.15, 0.2) is 30.3 Å². The Balaban J connectivity index is 2.82. The van der Waals surface area contributed by atoms with Crippen LogP contribution < -0.4 is 10.6 Å². The number of carbonyl (C=O) groups excluding carboxylic acids is 1. The maximum atomic E-state index is 14.0. The number of guanidine groups is 1. The molecule has 0 aliphatic heterocycles. The van der Waals surface area contributed by atoms with E-state index in [1.165, 1.54) is 25.2 Å². The Labute approximate surface area is 142 Å². The summed E-state index contributed by atoms with van der Waals surface area (Å²) in [7, 11) is 1.41. The number of hydrogen-bond acceptors (Lipinski definition) is 5. The Bertz CT molecular complexity index is 957. The van der Waals surface area contributed by atoms with Gasteiger partial charge in [0.1, 0.15) is 17.6 Å². The van der Waals surface area contributed by atoms with Crippen molar-refractivity contribution in [1.82, 2.24) is 10.6 Å². The maximum absolute atomic E-state index is 14.0. The van der Waals surface area contributed by atoms with Gasteiger partial charge in [-0.3, -0.25) is 15.5 Å². The summed E-state index contributed by atoms with van der Waals surface area (Å²) in [6.07, 6.45) is 0. The molecule has 0 atom stereocenters. The van der Waals surface area contributed by atoms with Crippen molar-refractivity contribution >= 4 is 11.9 Å². The van der Waals surface area contributed by atoms with E-state index in [4.69, 9.17) is 5.41 Å². The Kier molecular flexibility index (Phi) is 4.96. The van der Waals surface area contributed by atoms with Crippen LogP contribution in [0.5, 0.6) is 5.75 Å². The molecule has 2 aromatic carbocycles. The summed E-state index contributed by atoms with van der Waals surface area (Å²) in [5.41, 5.74) is -0.805. The molecule has 0 heterocycles. The zero-order valence-corrected chi connectivity index (χ0v) is 13.0. The van der Waals surface area contributed by atoms with Crippen LogP contribution in [0.1, 0.15) is 21.5 Å². The Morgan fingerprint density at radius 2 is 1.96 bits per heavy atom. The molecule has 0 spiro atoms. The first-order chi connectivity index (χ1) is 11.9. The number of halogens is 1. The summed E-state index contributed by atoms with van der Waals surface area (Å²) in [6, 6.07) is 9.74. The van der Waals surface area contributed by atoms with Crippen LogP contribution in [-0.4, -0.2) is 24.0 Å². The van der Waals surface area contributed by atoms with Crippen molar-refractivity contribution in [2.24, 2.45) is 0 Å². The number of phenolic OH excluding ortho intramolecular Hbond substituents is 1. The molecule has 0 unspecified atom stereocenters. The van der Waals surface area contributed by atoms with E-state index in [-0.39, 0.29) is 33.8 Å². The van der Waals surface area contributed by atoms with Gasteiger partial charge in [-0.2, -0.15) is 10.5 Å². The second kappa shape index (κ2) is 7.11. The highest BCUT2D eigenvalue weighted by molar-refractivity contribution is 6.11. The SMILES string of the molecule is CNC(=N)NC(=O)c1c(O)ccc(C#N)c1-c1cccc(F)c1C#N. The highest BCUT2D eigenvalue weighted by Crippen LogP contribution is 2.35. The Hall–Kier alpha value is -3.91. The molecule has 2 aromatic rings. The molecule has 2 rings (SSSR count). The average molecular weight is 337 g/mol. The molecule has 0 fully saturated rings. The first-order valence-electron chi connectivity index (χ1n) is 6.97. The molecule has 0 saturated heterocycles. The third-order valence-corrected chi connectivity index (χ3v) is 3.41. The number of rotatable bonds is 2. The van der Waals surface area contributed by atoms with Crippen molar-refractivity contribution in [1.29, 1.82) is 15.9 Å². The molecule has 7 nitrogen and oxygen atoms in total. The number of nitrogens with zero attached hydrogens (tertiary/aromatic N) is 2. The molecule has 4 N–H and O–H groups in total. The first kappa shape index (κ1) is 17.4. The van der Waals surface area contributed by atoms with Crippen molar-refractivity contribution in [2.75, 3.05) is 7.05 Å². The zero-order valence-electron chi connectivity index (χ0n) is 13.0. The molecule has 0 aliphatic carbocycles. The second-order valence-electron chi connectivity index (χ2n) is 4.85. The fourth-order valence-electron chi connectivity index (χ4n) is 2.28. The molecule has 8 heteroatoms. The van der Waals surface area contributed by atoms with Gasteiger partial charge in [-0.1, -0.05) is 12.1 Å². The van der Waals surface area contributed by atoms with Gasteiger partial charge in [0.25, 0.3) is 5.91 Å². The monoisotopic (exact) mass is 337 g/mol. The number of benzene rings is 2. The zero-order chi connectivity index (χ0) is 18.6. The van der Waals surface area contributed by atoms with Gasteiger partial charge in [-0.15, -0.1) is 0 Å². The normalized spacial score (nSPS) is 9.60. The summed E-state index contributed by atoms with van der Waals surface area (Å²) < 4.78 is 14.0. The first-order valence-corrected chi connectivity index (χ1v) is 6.97. The van der Waals surface area contributed by atoms with Gasteiger partial charge < -0.3 is 10.4 Å². The summed E-state index contributed by atoms with van der Waals surface area (Å²) in [6.45, 7) is 0. The fraction of sp³-hybridized carbons (Fsp3) is 0.0588. The van der Waals surface area contributed by atoms with Crippen molar-refractivity contribution in [3.63, 3.8) is 0 Å². The summed E-state index contributed by atoms with van der Waals surface area (Å²) in [4.78, 5) is 12.4. The standard InChI is InChI=1S/C17H12FN5O2/c1-22-17(21)23-16(25)15-13(24)6-5-9(7-19)14(15)10-3-2-4-12(18)11(10)8-20/h2-6,24H,1H3,(H3,21,22,23,25). The van der Waals surface area contributed by atoms with E-state index in [2.05, 4.69) is 10.6 Å². The van der Waals surface area contributed by atoms with E-state index >= 15 is 0 Å². The minimum absolute atomic E-state index is 0.00362. The minimum atomic E-state index is -0.878. The largest absolute Gasteiger partial charge is 0.507 e. The third kappa shape index (κ3) is 3.23. The lowest BCUT2D eigenvalue weighted by Gasteiger charge is -2.15. The van der Waals surface area contributed by atoms with Crippen molar-refractivity contribution in [2.45, 2.75) is 0 Å². The minimum Gasteiger partial charge on any atom is -0.507 e. The predicted molar refractivity (Wildman–Crippen MR) is 87.2 cm³/mol. The van der Waals surface area contributed by atoms with Crippen molar-refractivity contribution < 1.29 is 14.3 Å². The van der Waals surface area contributed by atoms with Gasteiger partial charge in [0.15, 0.2) is 5.96 Å². The Morgan fingerprint density at radius 1 is 1.24 bits per heavy atom. The maximum Gasteiger partial charge on any atom is 0.262 e. The van der Waals surface area contributed by atoms with Gasteiger partial charge in [-0.25, -0.2) is 4.39 Å². The number of amides is 1. The summed E-state index contributed by atoms with van der Waals surface area (Å²) in [5.74, 6) is -2.50. The molecule has 0 saturated carbocycles. The van der Waals surface area contributed by atoms with Crippen LogP contribution >= 0.6 is 0 Å². The third-order valence-electron chi connectivity index (χ3n) is 3.41. The van der Waals surface area contributed by atoms with Gasteiger partial charge >= 0.3 is 0 Å². The van der Waals surface area contributed by atoms with Gasteiger partial charge in [0, 0.05) is 18.2 Å². The number of aromatic hydroxyl groups is 1. The molecule has 25 heavy (non-hydrogen) atoms. The highest BCUT2D eigenvalue weighted by Gasteiger charge is 2.24. The molecule has 0 bridgehead atoms. The average Bonchev–Trinajstić information content (AvgIpc) is 2.60. The number of carbonyl (C=O) groups is 1. The number of phenols is 1. The van der Waals surface area contributed by atoms with E-state index in [1.807, 2.05) is 6.07 Å². The summed E-state index contributed by atoms with van der Waals surface area (Å²) >= 11 is 0. The van der Waals surface area contributed by atoms with E-state index in [0.717, 1.165) is 12.1 Å². The molecular weight excluding hydrogens is 325 g/mol. The van der Waals surface area contributed by atoms with Crippen LogP contribution in [0.25, 0.3) is 11.1 Å². The number of hydrogen-bond donors (Lipinski definition) is 4. The fourth-order valence-corrected chi connectivity index (χ4v) is 2.28. The van der Waals surface area contributed by atoms with Crippen LogP contribution in [0, 0.1) is 33.9 Å². The molecule has 1 amide bonds. The van der Waals surface area contributed by atoms with Gasteiger partial charge in [-0.05, 0) is 18.2 Å². The molecule has 0 radical (unpaired) electrons.